The third kappa shape index (κ3) is 3.39. The van der Waals surface area contributed by atoms with E-state index >= 15 is 0 Å². The second-order valence-corrected chi connectivity index (χ2v) is 3.68. The van der Waals surface area contributed by atoms with Crippen LogP contribution < -0.4 is 5.32 Å². The van der Waals surface area contributed by atoms with Crippen LogP contribution in [0.3, 0.4) is 0 Å². The third-order valence-corrected chi connectivity index (χ3v) is 2.34. The predicted molar refractivity (Wildman–Crippen MR) is 60.2 cm³/mol. The maximum atomic E-state index is 12.9. The molecule has 0 aromatic carbocycles. The Kier molecular flexibility index (Phi) is 4.39. The number of carbonyl (C=O) groups excluding carboxylic acids is 2. The molecule has 17 heavy (non-hydrogen) atoms. The molecule has 0 unspecified atom stereocenters. The summed E-state index contributed by atoms with van der Waals surface area (Å²) in [6, 6.07) is 0.984. The molecule has 0 aliphatic carbocycles. The Balaban J connectivity index is 2.88. The van der Waals surface area contributed by atoms with Gasteiger partial charge in [0.25, 0.3) is 5.91 Å². The standard InChI is InChI=1S/C10H11ClFN3O2/c1-13-8(16)5-15(2)10(17)7-3-6(12)4-14-9(7)11/h3-4H,5H2,1-2H3,(H,13,16). The number of hydrogen-bond acceptors (Lipinski definition) is 3. The van der Waals surface area contributed by atoms with Crippen molar-refractivity contribution in [1.29, 1.82) is 0 Å². The van der Waals surface area contributed by atoms with Crippen molar-refractivity contribution >= 4 is 23.4 Å². The molecule has 0 fully saturated rings. The molecule has 92 valence electrons. The minimum absolute atomic E-state index is 0.0712. The zero-order valence-electron chi connectivity index (χ0n) is 9.33. The quantitative estimate of drug-likeness (QED) is 0.813. The first-order chi connectivity index (χ1) is 7.95. The van der Waals surface area contributed by atoms with Crippen molar-refractivity contribution in [2.75, 3.05) is 20.6 Å². The zero-order chi connectivity index (χ0) is 13.0. The Morgan fingerprint density at radius 1 is 1.59 bits per heavy atom. The average Bonchev–Trinajstić information content (AvgIpc) is 2.31. The van der Waals surface area contributed by atoms with Gasteiger partial charge in [-0.3, -0.25) is 9.59 Å². The number of amides is 2. The molecule has 0 bridgehead atoms. The van der Waals surface area contributed by atoms with Gasteiger partial charge in [-0.25, -0.2) is 9.37 Å². The number of pyridine rings is 1. The van der Waals surface area contributed by atoms with Gasteiger partial charge in [-0.15, -0.1) is 0 Å². The van der Waals surface area contributed by atoms with E-state index in [4.69, 9.17) is 11.6 Å². The van der Waals surface area contributed by atoms with E-state index in [0.717, 1.165) is 17.2 Å². The molecule has 0 aliphatic rings. The molecule has 0 saturated carbocycles. The molecule has 0 aliphatic heterocycles. The summed E-state index contributed by atoms with van der Waals surface area (Å²) in [5, 5.41) is 2.28. The van der Waals surface area contributed by atoms with E-state index in [0.29, 0.717) is 0 Å². The summed E-state index contributed by atoms with van der Waals surface area (Å²) in [6.07, 6.45) is 0.915. The Morgan fingerprint density at radius 3 is 2.82 bits per heavy atom. The normalized spacial score (nSPS) is 9.88. The van der Waals surface area contributed by atoms with Crippen LogP contribution in [0.2, 0.25) is 5.15 Å². The highest BCUT2D eigenvalue weighted by Crippen LogP contribution is 2.15. The molecule has 0 radical (unpaired) electrons. The van der Waals surface area contributed by atoms with Crippen LogP contribution in [0.5, 0.6) is 0 Å². The highest BCUT2D eigenvalue weighted by molar-refractivity contribution is 6.32. The first kappa shape index (κ1) is 13.4. The van der Waals surface area contributed by atoms with Crippen molar-refractivity contribution in [2.24, 2.45) is 0 Å². The van der Waals surface area contributed by atoms with Crippen LogP contribution in [0.25, 0.3) is 0 Å². The first-order valence-corrected chi connectivity index (χ1v) is 5.10. The maximum absolute atomic E-state index is 12.9. The van der Waals surface area contributed by atoms with Crippen LogP contribution >= 0.6 is 11.6 Å². The molecule has 0 saturated heterocycles. The van der Waals surface area contributed by atoms with Gasteiger partial charge in [-0.05, 0) is 6.07 Å². The minimum Gasteiger partial charge on any atom is -0.358 e. The first-order valence-electron chi connectivity index (χ1n) is 4.72. The van der Waals surface area contributed by atoms with Crippen molar-refractivity contribution in [3.8, 4) is 0 Å². The van der Waals surface area contributed by atoms with Crippen molar-refractivity contribution < 1.29 is 14.0 Å². The van der Waals surface area contributed by atoms with Crippen molar-refractivity contribution in [1.82, 2.24) is 15.2 Å². The Labute approximate surface area is 103 Å². The molecule has 1 rings (SSSR count). The number of hydrogen-bond donors (Lipinski definition) is 1. The molecule has 1 heterocycles. The SMILES string of the molecule is CNC(=O)CN(C)C(=O)c1cc(F)cnc1Cl. The van der Waals surface area contributed by atoms with E-state index in [-0.39, 0.29) is 23.2 Å². The van der Waals surface area contributed by atoms with Crippen LogP contribution in [-0.2, 0) is 4.79 Å². The molecule has 5 nitrogen and oxygen atoms in total. The third-order valence-electron chi connectivity index (χ3n) is 2.04. The van der Waals surface area contributed by atoms with Gasteiger partial charge in [0.05, 0.1) is 18.3 Å². The molecule has 0 spiro atoms. The summed E-state index contributed by atoms with van der Waals surface area (Å²) >= 11 is 5.68. The molecule has 2 amide bonds. The molecular formula is C10H11ClFN3O2. The molecule has 1 N–H and O–H groups in total. The van der Waals surface area contributed by atoms with E-state index in [2.05, 4.69) is 10.3 Å². The van der Waals surface area contributed by atoms with Gasteiger partial charge in [0, 0.05) is 14.1 Å². The number of nitrogens with one attached hydrogen (secondary N) is 1. The Bertz CT molecular complexity index is 453. The monoisotopic (exact) mass is 259 g/mol. The van der Waals surface area contributed by atoms with Crippen LogP contribution in [-0.4, -0.2) is 42.3 Å². The number of rotatable bonds is 3. The number of nitrogens with zero attached hydrogens (tertiary/aromatic N) is 2. The van der Waals surface area contributed by atoms with Crippen LogP contribution in [0.15, 0.2) is 12.3 Å². The van der Waals surface area contributed by atoms with E-state index < -0.39 is 11.7 Å². The molecule has 0 atom stereocenters. The Morgan fingerprint density at radius 2 is 2.24 bits per heavy atom. The van der Waals surface area contributed by atoms with Gasteiger partial charge in [0.2, 0.25) is 5.91 Å². The summed E-state index contributed by atoms with van der Waals surface area (Å²) in [6.45, 7) is -0.137. The van der Waals surface area contributed by atoms with Crippen molar-refractivity contribution in [2.45, 2.75) is 0 Å². The summed E-state index contributed by atoms with van der Waals surface area (Å²) in [5.74, 6) is -1.56. The average molecular weight is 260 g/mol. The topological polar surface area (TPSA) is 62.3 Å². The minimum atomic E-state index is -0.661. The lowest BCUT2D eigenvalue weighted by Gasteiger charge is -2.16. The van der Waals surface area contributed by atoms with Gasteiger partial charge in [0.15, 0.2) is 0 Å². The summed E-state index contributed by atoms with van der Waals surface area (Å²) < 4.78 is 12.9. The Hall–Kier alpha value is -1.69. The van der Waals surface area contributed by atoms with Gasteiger partial charge in [0.1, 0.15) is 11.0 Å². The summed E-state index contributed by atoms with van der Waals surface area (Å²) in [7, 11) is 2.87. The largest absolute Gasteiger partial charge is 0.358 e. The van der Waals surface area contributed by atoms with Crippen molar-refractivity contribution in [3.05, 3.63) is 28.8 Å². The van der Waals surface area contributed by atoms with Crippen LogP contribution in [0.4, 0.5) is 4.39 Å². The number of carbonyl (C=O) groups is 2. The highest BCUT2D eigenvalue weighted by Gasteiger charge is 2.18. The highest BCUT2D eigenvalue weighted by atomic mass is 35.5. The lowest BCUT2D eigenvalue weighted by molar-refractivity contribution is -0.121. The van der Waals surface area contributed by atoms with Crippen LogP contribution in [0.1, 0.15) is 10.4 Å². The van der Waals surface area contributed by atoms with Gasteiger partial charge < -0.3 is 10.2 Å². The lowest BCUT2D eigenvalue weighted by Crippen LogP contribution is -2.37. The maximum Gasteiger partial charge on any atom is 0.257 e. The van der Waals surface area contributed by atoms with E-state index in [9.17, 15) is 14.0 Å². The lowest BCUT2D eigenvalue weighted by atomic mass is 10.2. The summed E-state index contributed by atoms with van der Waals surface area (Å²) in [4.78, 5) is 27.6. The molecular weight excluding hydrogens is 249 g/mol. The number of aromatic nitrogens is 1. The smallest absolute Gasteiger partial charge is 0.257 e. The molecule has 1 aromatic rings. The number of likely N-dealkylation sites (N-methyl/N-ethyl adjacent to an activating group) is 2. The van der Waals surface area contributed by atoms with Crippen LogP contribution in [0, 0.1) is 5.82 Å². The summed E-state index contributed by atoms with van der Waals surface area (Å²) in [5.41, 5.74) is -0.0712. The van der Waals surface area contributed by atoms with Gasteiger partial charge >= 0.3 is 0 Å². The van der Waals surface area contributed by atoms with E-state index in [1.54, 1.807) is 0 Å². The van der Waals surface area contributed by atoms with E-state index in [1.807, 2.05) is 0 Å². The second-order valence-electron chi connectivity index (χ2n) is 3.33. The predicted octanol–water partition coefficient (Wildman–Crippen LogP) is 0.692. The fourth-order valence-corrected chi connectivity index (χ4v) is 1.33. The zero-order valence-corrected chi connectivity index (χ0v) is 10.1. The van der Waals surface area contributed by atoms with Crippen molar-refractivity contribution in [3.63, 3.8) is 0 Å². The van der Waals surface area contributed by atoms with E-state index in [1.165, 1.54) is 14.1 Å². The van der Waals surface area contributed by atoms with Gasteiger partial charge in [-0.1, -0.05) is 11.6 Å². The second kappa shape index (κ2) is 5.58. The molecule has 1 aromatic heterocycles. The fraction of sp³-hybridized carbons (Fsp3) is 0.300. The molecule has 7 heteroatoms. The van der Waals surface area contributed by atoms with Gasteiger partial charge in [-0.2, -0.15) is 0 Å². The fourth-order valence-electron chi connectivity index (χ4n) is 1.14. The number of halogens is 2.